The number of nitrogens with zero attached hydrogens (tertiary/aromatic N) is 4. The molecule has 1 fully saturated rings. The number of fused-ring (bicyclic) bond motifs is 2. The van der Waals surface area contributed by atoms with Crippen LogP contribution >= 0.6 is 23.5 Å². The van der Waals surface area contributed by atoms with E-state index in [4.69, 9.17) is 10.5 Å². The van der Waals surface area contributed by atoms with Crippen molar-refractivity contribution in [2.75, 3.05) is 43.2 Å². The first kappa shape index (κ1) is 26.4. The van der Waals surface area contributed by atoms with Gasteiger partial charge in [0.05, 0.1) is 10.8 Å². The molecule has 13 nitrogen and oxygen atoms in total. The minimum absolute atomic E-state index is 0.0100. The molecule has 0 aromatic carbocycles. The van der Waals surface area contributed by atoms with Gasteiger partial charge in [0.25, 0.3) is 0 Å². The average molecular weight is 559 g/mol. The largest absolute Gasteiger partial charge is 0.477 e. The summed E-state index contributed by atoms with van der Waals surface area (Å²) in [6, 6.07) is -0.667. The van der Waals surface area contributed by atoms with Crippen LogP contribution in [0.4, 0.5) is 4.79 Å². The smallest absolute Gasteiger partial charge is 0.407 e. The van der Waals surface area contributed by atoms with Gasteiger partial charge in [-0.3, -0.25) is 9.69 Å². The second kappa shape index (κ2) is 10.7. The van der Waals surface area contributed by atoms with Crippen LogP contribution in [0.15, 0.2) is 40.7 Å². The number of carbonyl (C=O) groups is 3. The fraction of sp³-hybridized carbons (Fsp3) is 0.500. The molecule has 0 bridgehead atoms. The third kappa shape index (κ3) is 5.82. The van der Waals surface area contributed by atoms with Gasteiger partial charge in [0, 0.05) is 49.7 Å². The molecule has 0 unspecified atom stereocenters. The molecule has 0 aromatic rings. The fourth-order valence-electron chi connectivity index (χ4n) is 3.85. The standard InChI is InChI=1S/C20H26N6O7S3/c1-36(31,32)9-7-33-20(30)22-4-8-34-13-2-3-14-24(5-6-25(14)23-13)10-12-11-35-18-15(21)17(27)26(18)16(12)19(28)29/h3,5-6,15,18H,2,4,7-11,21H2,1H3,(H,22,30)(H,28,29)/t15-,18+/m1/s1. The summed E-state index contributed by atoms with van der Waals surface area (Å²) in [7, 11) is -3.19. The lowest BCUT2D eigenvalue weighted by Crippen LogP contribution is -2.68. The Morgan fingerprint density at radius 1 is 1.39 bits per heavy atom. The van der Waals surface area contributed by atoms with Crippen molar-refractivity contribution in [2.45, 2.75) is 17.8 Å². The van der Waals surface area contributed by atoms with Crippen LogP contribution in [0.1, 0.15) is 6.42 Å². The van der Waals surface area contributed by atoms with Crippen LogP contribution in [0.5, 0.6) is 0 Å². The summed E-state index contributed by atoms with van der Waals surface area (Å²) in [5, 5.41) is 19.1. The zero-order valence-electron chi connectivity index (χ0n) is 19.3. The van der Waals surface area contributed by atoms with Crippen LogP contribution in [-0.4, -0.2) is 106 Å². The second-order valence-corrected chi connectivity index (χ2v) is 12.8. The number of hydrazone groups is 1. The van der Waals surface area contributed by atoms with Crippen LogP contribution in [-0.2, 0) is 24.2 Å². The fourth-order valence-corrected chi connectivity index (χ4v) is 6.31. The molecule has 1 saturated heterocycles. The normalized spacial score (nSPS) is 23.1. The number of carboxylic acid groups (broad SMARTS) is 1. The van der Waals surface area contributed by atoms with Gasteiger partial charge >= 0.3 is 12.1 Å². The summed E-state index contributed by atoms with van der Waals surface area (Å²) in [6.45, 7) is 0.439. The lowest BCUT2D eigenvalue weighted by Gasteiger charge is -2.48. The van der Waals surface area contributed by atoms with Gasteiger partial charge in [0.1, 0.15) is 29.5 Å². The number of allylic oxidation sites excluding steroid dienone is 1. The molecule has 0 radical (unpaired) electrons. The molecular weight excluding hydrogens is 532 g/mol. The number of amides is 2. The Labute approximate surface area is 216 Å². The van der Waals surface area contributed by atoms with Crippen molar-refractivity contribution in [1.82, 2.24) is 20.1 Å². The van der Waals surface area contributed by atoms with E-state index in [0.29, 0.717) is 36.6 Å². The topological polar surface area (TPSA) is 175 Å². The Morgan fingerprint density at radius 3 is 2.89 bits per heavy atom. The molecule has 2 atom stereocenters. The van der Waals surface area contributed by atoms with E-state index >= 15 is 0 Å². The van der Waals surface area contributed by atoms with Crippen molar-refractivity contribution in [2.24, 2.45) is 10.8 Å². The van der Waals surface area contributed by atoms with Crippen LogP contribution in [0.2, 0.25) is 0 Å². The van der Waals surface area contributed by atoms with Crippen LogP contribution in [0.25, 0.3) is 0 Å². The quantitative estimate of drug-likeness (QED) is 0.250. The Hall–Kier alpha value is -2.69. The maximum absolute atomic E-state index is 12.2. The first-order valence-corrected chi connectivity index (χ1v) is 15.0. The summed E-state index contributed by atoms with van der Waals surface area (Å²) in [6.07, 6.45) is 6.52. The average Bonchev–Trinajstić information content (AvgIpc) is 3.22. The molecule has 16 heteroatoms. The molecule has 4 rings (SSSR count). The Kier molecular flexibility index (Phi) is 7.87. The molecule has 196 valence electrons. The number of β-lactam (4-membered cyclic amide) rings is 1. The van der Waals surface area contributed by atoms with Crippen LogP contribution < -0.4 is 11.1 Å². The van der Waals surface area contributed by atoms with Crippen molar-refractivity contribution in [3.63, 3.8) is 0 Å². The van der Waals surface area contributed by atoms with Gasteiger partial charge in [-0.2, -0.15) is 5.10 Å². The molecule has 4 aliphatic heterocycles. The number of carboxylic acids is 1. The van der Waals surface area contributed by atoms with Crippen molar-refractivity contribution in [3.05, 3.63) is 35.6 Å². The van der Waals surface area contributed by atoms with E-state index in [0.717, 1.165) is 17.1 Å². The highest BCUT2D eigenvalue weighted by Gasteiger charge is 2.51. The highest BCUT2D eigenvalue weighted by atomic mass is 32.2. The van der Waals surface area contributed by atoms with Crippen molar-refractivity contribution >= 4 is 56.4 Å². The highest BCUT2D eigenvalue weighted by Crippen LogP contribution is 2.40. The zero-order valence-corrected chi connectivity index (χ0v) is 21.8. The molecule has 4 aliphatic rings. The molecular formula is C20H26N6O7S3. The third-order valence-corrected chi connectivity index (χ3v) is 8.83. The van der Waals surface area contributed by atoms with Gasteiger partial charge in [-0.05, 0) is 11.6 Å². The molecule has 4 N–H and O–H groups in total. The molecule has 0 spiro atoms. The Morgan fingerprint density at radius 2 is 2.17 bits per heavy atom. The Bertz CT molecular complexity index is 1180. The predicted molar refractivity (Wildman–Crippen MR) is 135 cm³/mol. The summed E-state index contributed by atoms with van der Waals surface area (Å²) in [4.78, 5) is 38.9. The first-order chi connectivity index (χ1) is 17.0. The number of nitrogens with two attached hydrogens (primary N) is 1. The van der Waals surface area contributed by atoms with Crippen molar-refractivity contribution in [3.8, 4) is 0 Å². The number of aliphatic carboxylic acids is 1. The van der Waals surface area contributed by atoms with E-state index in [1.807, 2.05) is 17.2 Å². The van der Waals surface area contributed by atoms with Crippen molar-refractivity contribution < 1.29 is 32.6 Å². The SMILES string of the molecule is CS(=O)(=O)CCOC(=O)NCCSC1=NN2C=CN(CC3=C(C(=O)O)N4C(=O)[C@@H](N)[C@@H]4SC3)C2=CC1. The summed E-state index contributed by atoms with van der Waals surface area (Å²) in [5.41, 5.74) is 6.46. The Balaban J connectivity index is 1.26. The third-order valence-electron chi connectivity index (χ3n) is 5.57. The number of thioether (sulfide) groups is 2. The van der Waals surface area contributed by atoms with E-state index in [9.17, 15) is 27.9 Å². The summed E-state index contributed by atoms with van der Waals surface area (Å²) >= 11 is 2.93. The van der Waals surface area contributed by atoms with Gasteiger partial charge in [-0.1, -0.05) is 0 Å². The molecule has 0 aliphatic carbocycles. The maximum Gasteiger partial charge on any atom is 0.407 e. The van der Waals surface area contributed by atoms with Crippen LogP contribution in [0.3, 0.4) is 0 Å². The van der Waals surface area contributed by atoms with E-state index in [1.165, 1.54) is 28.4 Å². The zero-order chi connectivity index (χ0) is 26.0. The maximum atomic E-state index is 12.2. The van der Waals surface area contributed by atoms with Crippen LogP contribution in [0, 0.1) is 0 Å². The lowest BCUT2D eigenvalue weighted by atomic mass is 10.0. The highest BCUT2D eigenvalue weighted by molar-refractivity contribution is 8.14. The first-order valence-electron chi connectivity index (χ1n) is 10.9. The minimum atomic E-state index is -3.19. The number of carbonyl (C=O) groups excluding carboxylic acids is 2. The van der Waals surface area contributed by atoms with Crippen molar-refractivity contribution in [1.29, 1.82) is 0 Å². The summed E-state index contributed by atoms with van der Waals surface area (Å²) in [5.74, 6) is 0.0696. The lowest BCUT2D eigenvalue weighted by molar-refractivity contribution is -0.148. The number of ether oxygens (including phenoxy) is 1. The van der Waals surface area contributed by atoms with Gasteiger partial charge < -0.3 is 25.8 Å². The molecule has 2 amide bonds. The number of rotatable bonds is 9. The van der Waals surface area contributed by atoms with Gasteiger partial charge in [0.15, 0.2) is 9.84 Å². The molecule has 0 aromatic heterocycles. The van der Waals surface area contributed by atoms with E-state index in [1.54, 1.807) is 11.2 Å². The van der Waals surface area contributed by atoms with E-state index in [2.05, 4.69) is 10.4 Å². The number of alkyl carbamates (subject to hydrolysis) is 1. The monoisotopic (exact) mass is 558 g/mol. The summed E-state index contributed by atoms with van der Waals surface area (Å²) < 4.78 is 26.9. The van der Waals surface area contributed by atoms with E-state index in [-0.39, 0.29) is 29.3 Å². The molecule has 0 saturated carbocycles. The van der Waals surface area contributed by atoms with Gasteiger partial charge in [0.2, 0.25) is 5.91 Å². The molecule has 4 heterocycles. The second-order valence-electron chi connectivity index (χ2n) is 8.26. The predicted octanol–water partition coefficient (Wildman–Crippen LogP) is -0.281. The number of hydrogen-bond donors (Lipinski definition) is 3. The van der Waals surface area contributed by atoms with Gasteiger partial charge in [-0.15, -0.1) is 23.5 Å². The minimum Gasteiger partial charge on any atom is -0.477 e. The van der Waals surface area contributed by atoms with E-state index < -0.39 is 27.9 Å². The van der Waals surface area contributed by atoms with Gasteiger partial charge in [-0.25, -0.2) is 23.0 Å². The number of sulfone groups is 1. The number of nitrogens with one attached hydrogen (secondary N) is 1. The number of hydrogen-bond acceptors (Lipinski definition) is 12. The molecule has 36 heavy (non-hydrogen) atoms.